The van der Waals surface area contributed by atoms with Crippen molar-refractivity contribution in [1.29, 1.82) is 0 Å². The van der Waals surface area contributed by atoms with Gasteiger partial charge in [0.05, 0.1) is 17.2 Å². The molecule has 0 aliphatic rings. The highest BCUT2D eigenvalue weighted by atomic mass is 35.5. The van der Waals surface area contributed by atoms with E-state index in [0.717, 1.165) is 0 Å². The number of primary amides is 1. The Morgan fingerprint density at radius 3 is 2.61 bits per heavy atom. The molecule has 2 amide bonds. The van der Waals surface area contributed by atoms with E-state index in [-0.39, 0.29) is 17.7 Å². The topological polar surface area (TPSA) is 92.4 Å². The second-order valence-electron chi connectivity index (χ2n) is 4.07. The van der Waals surface area contributed by atoms with Gasteiger partial charge in [0.1, 0.15) is 0 Å². The SMILES string of the molecule is Cc1cc(Cl)cc(C(=O)NCC(C)O)c1C(N)=O. The molecule has 1 rings (SSSR count). The standard InChI is InChI=1S/C12H15ClN2O3/c1-6-3-8(13)4-9(10(6)11(14)17)12(18)15-5-7(2)16/h3-4,7,16H,5H2,1-2H3,(H2,14,17)(H,15,18). The zero-order chi connectivity index (χ0) is 13.9. The smallest absolute Gasteiger partial charge is 0.252 e. The molecule has 0 bridgehead atoms. The van der Waals surface area contributed by atoms with Crippen LogP contribution in [0.1, 0.15) is 33.2 Å². The molecule has 0 aliphatic carbocycles. The number of hydrogen-bond donors (Lipinski definition) is 3. The number of carbonyl (C=O) groups excluding carboxylic acids is 2. The quantitative estimate of drug-likeness (QED) is 0.757. The molecule has 0 fully saturated rings. The Labute approximate surface area is 110 Å². The maximum absolute atomic E-state index is 11.9. The second kappa shape index (κ2) is 5.84. The van der Waals surface area contributed by atoms with Gasteiger partial charge in [-0.2, -0.15) is 0 Å². The summed E-state index contributed by atoms with van der Waals surface area (Å²) < 4.78 is 0. The lowest BCUT2D eigenvalue weighted by Gasteiger charge is -2.12. The fourth-order valence-corrected chi connectivity index (χ4v) is 1.86. The third kappa shape index (κ3) is 3.45. The number of benzene rings is 1. The van der Waals surface area contributed by atoms with Crippen LogP contribution < -0.4 is 11.1 Å². The fourth-order valence-electron chi connectivity index (χ4n) is 1.58. The summed E-state index contributed by atoms with van der Waals surface area (Å²) in [6.07, 6.45) is -0.675. The lowest BCUT2D eigenvalue weighted by Crippen LogP contribution is -2.32. The van der Waals surface area contributed by atoms with E-state index in [9.17, 15) is 9.59 Å². The van der Waals surface area contributed by atoms with E-state index in [1.165, 1.54) is 6.07 Å². The van der Waals surface area contributed by atoms with Crippen LogP contribution in [0.4, 0.5) is 0 Å². The molecule has 5 nitrogen and oxygen atoms in total. The first-order valence-corrected chi connectivity index (χ1v) is 5.77. The highest BCUT2D eigenvalue weighted by molar-refractivity contribution is 6.31. The Bertz CT molecular complexity index is 486. The molecular formula is C12H15ClN2O3. The van der Waals surface area contributed by atoms with E-state index >= 15 is 0 Å². The number of halogens is 1. The molecule has 1 aromatic carbocycles. The third-order valence-corrected chi connectivity index (χ3v) is 2.57. The minimum absolute atomic E-state index is 0.0859. The number of carbonyl (C=O) groups is 2. The van der Waals surface area contributed by atoms with E-state index in [1.807, 2.05) is 0 Å². The summed E-state index contributed by atoms with van der Waals surface area (Å²) in [5.74, 6) is -1.18. The molecule has 98 valence electrons. The van der Waals surface area contributed by atoms with Gasteiger partial charge in [-0.15, -0.1) is 0 Å². The van der Waals surface area contributed by atoms with E-state index in [2.05, 4.69) is 5.32 Å². The number of nitrogens with one attached hydrogen (secondary N) is 1. The molecule has 1 aromatic rings. The normalized spacial score (nSPS) is 12.0. The lowest BCUT2D eigenvalue weighted by atomic mass is 10.0. The van der Waals surface area contributed by atoms with E-state index < -0.39 is 17.9 Å². The molecule has 0 aliphatic heterocycles. The van der Waals surface area contributed by atoms with Crippen molar-refractivity contribution in [1.82, 2.24) is 5.32 Å². The van der Waals surface area contributed by atoms with Crippen molar-refractivity contribution in [3.05, 3.63) is 33.8 Å². The van der Waals surface area contributed by atoms with Gasteiger partial charge in [0.15, 0.2) is 0 Å². The average molecular weight is 271 g/mol. The molecule has 18 heavy (non-hydrogen) atoms. The van der Waals surface area contributed by atoms with Crippen LogP contribution in [-0.4, -0.2) is 29.6 Å². The molecule has 0 heterocycles. The number of aryl methyl sites for hydroxylation is 1. The molecule has 0 radical (unpaired) electrons. The predicted molar refractivity (Wildman–Crippen MR) is 68.7 cm³/mol. The Kier molecular flexibility index (Phi) is 4.69. The molecule has 0 aromatic heterocycles. The van der Waals surface area contributed by atoms with Crippen LogP contribution in [0.15, 0.2) is 12.1 Å². The molecule has 1 unspecified atom stereocenters. The first-order chi connectivity index (χ1) is 8.32. The molecule has 0 saturated carbocycles. The monoisotopic (exact) mass is 270 g/mol. The number of hydrogen-bond acceptors (Lipinski definition) is 3. The largest absolute Gasteiger partial charge is 0.392 e. The zero-order valence-electron chi connectivity index (χ0n) is 10.2. The van der Waals surface area contributed by atoms with Gasteiger partial charge >= 0.3 is 0 Å². The summed E-state index contributed by atoms with van der Waals surface area (Å²) in [4.78, 5) is 23.2. The minimum atomic E-state index is -0.689. The van der Waals surface area contributed by atoms with Crippen molar-refractivity contribution < 1.29 is 14.7 Å². The first kappa shape index (κ1) is 14.5. The van der Waals surface area contributed by atoms with Crippen LogP contribution in [0.5, 0.6) is 0 Å². The number of aliphatic hydroxyl groups is 1. The lowest BCUT2D eigenvalue weighted by molar-refractivity contribution is 0.0912. The van der Waals surface area contributed by atoms with Gasteiger partial charge < -0.3 is 16.2 Å². The summed E-state index contributed by atoms with van der Waals surface area (Å²) in [5, 5.41) is 11.9. The van der Waals surface area contributed by atoms with E-state index in [1.54, 1.807) is 19.9 Å². The van der Waals surface area contributed by atoms with Crippen molar-refractivity contribution in [2.75, 3.05) is 6.54 Å². The molecular weight excluding hydrogens is 256 g/mol. The van der Waals surface area contributed by atoms with Gasteiger partial charge in [0.25, 0.3) is 5.91 Å². The number of aliphatic hydroxyl groups excluding tert-OH is 1. The van der Waals surface area contributed by atoms with E-state index in [4.69, 9.17) is 22.4 Å². The zero-order valence-corrected chi connectivity index (χ0v) is 10.9. The molecule has 0 spiro atoms. The summed E-state index contributed by atoms with van der Waals surface area (Å²) in [6, 6.07) is 2.94. The molecule has 6 heteroatoms. The van der Waals surface area contributed by atoms with Gasteiger partial charge in [-0.05, 0) is 31.5 Å². The number of rotatable bonds is 4. The average Bonchev–Trinajstić information content (AvgIpc) is 2.23. The van der Waals surface area contributed by atoms with Crippen molar-refractivity contribution in [3.63, 3.8) is 0 Å². The molecule has 4 N–H and O–H groups in total. The summed E-state index contributed by atoms with van der Waals surface area (Å²) in [7, 11) is 0. The van der Waals surface area contributed by atoms with Gasteiger partial charge in [0.2, 0.25) is 5.91 Å². The minimum Gasteiger partial charge on any atom is -0.392 e. The Morgan fingerprint density at radius 2 is 2.11 bits per heavy atom. The van der Waals surface area contributed by atoms with Crippen LogP contribution >= 0.6 is 11.6 Å². The maximum Gasteiger partial charge on any atom is 0.252 e. The Hall–Kier alpha value is -1.59. The van der Waals surface area contributed by atoms with Crippen LogP contribution in [0.25, 0.3) is 0 Å². The summed E-state index contributed by atoms with van der Waals surface area (Å²) in [6.45, 7) is 3.28. The van der Waals surface area contributed by atoms with E-state index in [0.29, 0.717) is 10.6 Å². The first-order valence-electron chi connectivity index (χ1n) is 5.39. The number of amides is 2. The van der Waals surface area contributed by atoms with Crippen LogP contribution in [-0.2, 0) is 0 Å². The van der Waals surface area contributed by atoms with Gasteiger partial charge in [0, 0.05) is 11.6 Å². The Balaban J connectivity index is 3.14. The van der Waals surface area contributed by atoms with Gasteiger partial charge in [-0.25, -0.2) is 0 Å². The van der Waals surface area contributed by atoms with Crippen molar-refractivity contribution in [2.24, 2.45) is 5.73 Å². The summed E-state index contributed by atoms with van der Waals surface area (Å²) in [5.41, 5.74) is 6.05. The third-order valence-electron chi connectivity index (χ3n) is 2.35. The fraction of sp³-hybridized carbons (Fsp3) is 0.333. The van der Waals surface area contributed by atoms with Gasteiger partial charge in [-0.1, -0.05) is 11.6 Å². The van der Waals surface area contributed by atoms with Crippen LogP contribution in [0.3, 0.4) is 0 Å². The second-order valence-corrected chi connectivity index (χ2v) is 4.50. The van der Waals surface area contributed by atoms with Crippen molar-refractivity contribution in [2.45, 2.75) is 20.0 Å². The van der Waals surface area contributed by atoms with Crippen molar-refractivity contribution in [3.8, 4) is 0 Å². The van der Waals surface area contributed by atoms with Crippen LogP contribution in [0.2, 0.25) is 5.02 Å². The highest BCUT2D eigenvalue weighted by Gasteiger charge is 2.18. The summed E-state index contributed by atoms with van der Waals surface area (Å²) >= 11 is 5.85. The number of nitrogens with two attached hydrogens (primary N) is 1. The highest BCUT2D eigenvalue weighted by Crippen LogP contribution is 2.20. The van der Waals surface area contributed by atoms with Gasteiger partial charge in [-0.3, -0.25) is 9.59 Å². The Morgan fingerprint density at radius 1 is 1.50 bits per heavy atom. The molecule has 1 atom stereocenters. The molecule has 0 saturated heterocycles. The predicted octanol–water partition coefficient (Wildman–Crippen LogP) is 0.858. The maximum atomic E-state index is 11.9. The van der Waals surface area contributed by atoms with Crippen LogP contribution in [0, 0.1) is 6.92 Å². The van der Waals surface area contributed by atoms with Crippen molar-refractivity contribution >= 4 is 23.4 Å².